The van der Waals surface area contributed by atoms with Gasteiger partial charge in [-0.25, -0.2) is 9.59 Å². The van der Waals surface area contributed by atoms with Crippen molar-refractivity contribution in [1.29, 1.82) is 0 Å². The molecule has 7 heteroatoms. The normalized spacial score (nSPS) is 10.1. The minimum absolute atomic E-state index is 0.379. The first-order valence-electron chi connectivity index (χ1n) is 10.1. The summed E-state index contributed by atoms with van der Waals surface area (Å²) in [6.45, 7) is 0. The van der Waals surface area contributed by atoms with Gasteiger partial charge in [-0.1, -0.05) is 36.4 Å². The lowest BCUT2D eigenvalue weighted by Crippen LogP contribution is -2.16. The second kappa shape index (κ2) is 10.5. The molecule has 0 saturated heterocycles. The summed E-state index contributed by atoms with van der Waals surface area (Å²) in [4.78, 5) is 23.9. The molecule has 0 aliphatic heterocycles. The largest absolute Gasteiger partial charge is 0.457 e. The second-order valence-electron chi connectivity index (χ2n) is 6.81. The predicted molar refractivity (Wildman–Crippen MR) is 125 cm³/mol. The number of carbonyl (C=O) groups excluding carboxylic acids is 2. The van der Waals surface area contributed by atoms with Crippen LogP contribution in [0.25, 0.3) is 0 Å². The molecule has 0 radical (unpaired) electrons. The summed E-state index contributed by atoms with van der Waals surface area (Å²) in [5, 5.41) is 5.29. The average molecular weight is 440 g/mol. The van der Waals surface area contributed by atoms with Gasteiger partial charge in [0.25, 0.3) is 0 Å². The molecule has 2 N–H and O–H groups in total. The molecule has 0 unspecified atom stereocenters. The van der Waals surface area contributed by atoms with Crippen LogP contribution in [0.3, 0.4) is 0 Å². The van der Waals surface area contributed by atoms with Gasteiger partial charge in [-0.3, -0.25) is 10.6 Å². The van der Waals surface area contributed by atoms with Crippen LogP contribution in [0.2, 0.25) is 0 Å². The maximum atomic E-state index is 12.0. The number of para-hydroxylation sites is 2. The van der Waals surface area contributed by atoms with Gasteiger partial charge >= 0.3 is 12.2 Å². The van der Waals surface area contributed by atoms with Crippen LogP contribution in [-0.4, -0.2) is 12.2 Å². The van der Waals surface area contributed by atoms with E-state index in [1.807, 2.05) is 36.4 Å². The minimum atomic E-state index is -0.582. The molecule has 7 nitrogen and oxygen atoms in total. The molecule has 0 fully saturated rings. The molecule has 164 valence electrons. The van der Waals surface area contributed by atoms with E-state index in [1.165, 1.54) is 0 Å². The van der Waals surface area contributed by atoms with Gasteiger partial charge in [0.15, 0.2) is 0 Å². The lowest BCUT2D eigenvalue weighted by atomic mass is 10.3. The van der Waals surface area contributed by atoms with Crippen molar-refractivity contribution >= 4 is 23.6 Å². The highest BCUT2D eigenvalue weighted by Crippen LogP contribution is 2.26. The summed E-state index contributed by atoms with van der Waals surface area (Å²) in [5.41, 5.74) is 1.29. The summed E-state index contributed by atoms with van der Waals surface area (Å²) in [6.07, 6.45) is -1.16. The van der Waals surface area contributed by atoms with Gasteiger partial charge < -0.3 is 14.2 Å². The standard InChI is InChI=1S/C26H20N2O5/c29-25(27-19-7-3-1-4-8-19)32-23-15-11-21(12-16-23)31-22-13-17-24(18-14-22)33-26(30)28-20-9-5-2-6-10-20/h1-18H,(H,27,29)(H,28,30). The Bertz CT molecular complexity index is 1100. The zero-order valence-electron chi connectivity index (χ0n) is 17.4. The number of hydrogen-bond acceptors (Lipinski definition) is 5. The first kappa shape index (κ1) is 21.5. The van der Waals surface area contributed by atoms with E-state index in [-0.39, 0.29) is 0 Å². The van der Waals surface area contributed by atoms with Gasteiger partial charge in [-0.15, -0.1) is 0 Å². The number of nitrogens with one attached hydrogen (secondary N) is 2. The molecule has 0 aliphatic rings. The van der Waals surface area contributed by atoms with E-state index in [0.717, 1.165) is 0 Å². The molecule has 4 aromatic rings. The van der Waals surface area contributed by atoms with Crippen LogP contribution in [0.5, 0.6) is 23.0 Å². The highest BCUT2D eigenvalue weighted by Gasteiger charge is 2.07. The Morgan fingerprint density at radius 1 is 0.455 bits per heavy atom. The predicted octanol–water partition coefficient (Wildman–Crippen LogP) is 6.70. The van der Waals surface area contributed by atoms with E-state index < -0.39 is 12.2 Å². The maximum Gasteiger partial charge on any atom is 0.417 e. The van der Waals surface area contributed by atoms with Gasteiger partial charge in [-0.05, 0) is 72.8 Å². The first-order chi connectivity index (χ1) is 16.1. The quantitative estimate of drug-likeness (QED) is 0.348. The molecule has 0 heterocycles. The zero-order valence-corrected chi connectivity index (χ0v) is 17.4. The molecule has 0 aliphatic carbocycles. The van der Waals surface area contributed by atoms with E-state index in [0.29, 0.717) is 34.4 Å². The highest BCUT2D eigenvalue weighted by atomic mass is 16.6. The van der Waals surface area contributed by atoms with Crippen LogP contribution in [0.1, 0.15) is 0 Å². The molecule has 33 heavy (non-hydrogen) atoms. The molecule has 0 atom stereocenters. The average Bonchev–Trinajstić information content (AvgIpc) is 2.83. The fourth-order valence-electron chi connectivity index (χ4n) is 2.83. The van der Waals surface area contributed by atoms with Crippen molar-refractivity contribution in [3.8, 4) is 23.0 Å². The Morgan fingerprint density at radius 3 is 1.15 bits per heavy atom. The topological polar surface area (TPSA) is 85.9 Å². The Labute approximate surface area is 190 Å². The first-order valence-corrected chi connectivity index (χ1v) is 10.1. The Balaban J connectivity index is 1.27. The molecule has 0 bridgehead atoms. The number of carbonyl (C=O) groups is 2. The van der Waals surface area contributed by atoms with Gasteiger partial charge in [-0.2, -0.15) is 0 Å². The molecule has 4 aromatic carbocycles. The SMILES string of the molecule is O=C(Nc1ccccc1)Oc1ccc(Oc2ccc(OC(=O)Nc3ccccc3)cc2)cc1. The smallest absolute Gasteiger partial charge is 0.417 e. The van der Waals surface area contributed by atoms with E-state index in [9.17, 15) is 9.59 Å². The van der Waals surface area contributed by atoms with Crippen LogP contribution in [-0.2, 0) is 0 Å². The molecule has 0 saturated carbocycles. The maximum absolute atomic E-state index is 12.0. The third kappa shape index (κ3) is 6.60. The Kier molecular flexibility index (Phi) is 6.82. The summed E-state index contributed by atoms with van der Waals surface area (Å²) in [6, 6.07) is 31.3. The molecule has 0 aromatic heterocycles. The van der Waals surface area contributed by atoms with Crippen molar-refractivity contribution in [3.05, 3.63) is 109 Å². The third-order valence-electron chi connectivity index (χ3n) is 4.34. The molecule has 4 rings (SSSR count). The van der Waals surface area contributed by atoms with Crippen molar-refractivity contribution in [3.63, 3.8) is 0 Å². The molecular formula is C26H20N2O5. The van der Waals surface area contributed by atoms with Crippen LogP contribution in [0, 0.1) is 0 Å². The zero-order chi connectivity index (χ0) is 22.9. The van der Waals surface area contributed by atoms with Gasteiger partial charge in [0, 0.05) is 11.4 Å². The van der Waals surface area contributed by atoms with E-state index >= 15 is 0 Å². The number of benzene rings is 4. The van der Waals surface area contributed by atoms with Crippen molar-refractivity contribution in [1.82, 2.24) is 0 Å². The molecule has 2 amide bonds. The highest BCUT2D eigenvalue weighted by molar-refractivity contribution is 5.86. The Morgan fingerprint density at radius 2 is 0.788 bits per heavy atom. The fraction of sp³-hybridized carbons (Fsp3) is 0. The van der Waals surface area contributed by atoms with E-state index in [2.05, 4.69) is 10.6 Å². The van der Waals surface area contributed by atoms with Crippen LogP contribution in [0.15, 0.2) is 109 Å². The number of rotatable bonds is 6. The number of hydrogen-bond donors (Lipinski definition) is 2. The number of amides is 2. The van der Waals surface area contributed by atoms with Crippen molar-refractivity contribution in [2.45, 2.75) is 0 Å². The van der Waals surface area contributed by atoms with Crippen molar-refractivity contribution in [2.75, 3.05) is 10.6 Å². The van der Waals surface area contributed by atoms with Crippen LogP contribution in [0.4, 0.5) is 21.0 Å². The minimum Gasteiger partial charge on any atom is -0.457 e. The summed E-state index contributed by atoms with van der Waals surface area (Å²) in [5.74, 6) is 1.87. The number of anilines is 2. The summed E-state index contributed by atoms with van der Waals surface area (Å²) < 4.78 is 16.3. The lowest BCUT2D eigenvalue weighted by Gasteiger charge is -2.09. The fourth-order valence-corrected chi connectivity index (χ4v) is 2.83. The molecule has 0 spiro atoms. The van der Waals surface area contributed by atoms with Crippen molar-refractivity contribution in [2.24, 2.45) is 0 Å². The van der Waals surface area contributed by atoms with Gasteiger partial charge in [0.2, 0.25) is 0 Å². The summed E-state index contributed by atoms with van der Waals surface area (Å²) >= 11 is 0. The Hall–Kier alpha value is -4.78. The van der Waals surface area contributed by atoms with Crippen LogP contribution >= 0.6 is 0 Å². The van der Waals surface area contributed by atoms with E-state index in [4.69, 9.17) is 14.2 Å². The second-order valence-corrected chi connectivity index (χ2v) is 6.81. The van der Waals surface area contributed by atoms with E-state index in [1.54, 1.807) is 72.8 Å². The third-order valence-corrected chi connectivity index (χ3v) is 4.34. The van der Waals surface area contributed by atoms with Gasteiger partial charge in [0.05, 0.1) is 0 Å². The number of ether oxygens (including phenoxy) is 3. The molecular weight excluding hydrogens is 420 g/mol. The van der Waals surface area contributed by atoms with Gasteiger partial charge in [0.1, 0.15) is 23.0 Å². The summed E-state index contributed by atoms with van der Waals surface area (Å²) in [7, 11) is 0. The van der Waals surface area contributed by atoms with Crippen molar-refractivity contribution < 1.29 is 23.8 Å². The monoisotopic (exact) mass is 440 g/mol. The van der Waals surface area contributed by atoms with Crippen LogP contribution < -0.4 is 24.8 Å². The lowest BCUT2D eigenvalue weighted by molar-refractivity contribution is 0.214.